The van der Waals surface area contributed by atoms with Crippen molar-refractivity contribution in [3.63, 3.8) is 0 Å². The van der Waals surface area contributed by atoms with Crippen LogP contribution in [0.1, 0.15) is 30.4 Å². The highest BCUT2D eigenvalue weighted by Gasteiger charge is 2.37. The summed E-state index contributed by atoms with van der Waals surface area (Å²) in [6, 6.07) is 27.8. The molecule has 0 amide bonds. The minimum Gasteiger partial charge on any atom is -0.442 e. The molecule has 6 nitrogen and oxygen atoms in total. The second-order valence-corrected chi connectivity index (χ2v) is 8.71. The van der Waals surface area contributed by atoms with Crippen molar-refractivity contribution < 1.29 is 9.66 Å². The fourth-order valence-corrected chi connectivity index (χ4v) is 4.76. The van der Waals surface area contributed by atoms with Gasteiger partial charge in [0.05, 0.1) is 4.92 Å². The molecule has 0 atom stereocenters. The number of non-ortho nitro benzene ring substituents is 1. The van der Waals surface area contributed by atoms with Gasteiger partial charge in [0.2, 0.25) is 0 Å². The van der Waals surface area contributed by atoms with Crippen LogP contribution >= 0.6 is 0 Å². The number of rotatable bonds is 10. The number of nitro groups is 1. The molecule has 1 saturated heterocycles. The summed E-state index contributed by atoms with van der Waals surface area (Å²) < 4.78 is 5.62. The number of hydrogen-bond donors (Lipinski definition) is 1. The lowest BCUT2D eigenvalue weighted by molar-refractivity contribution is -0.384. The molecule has 4 rings (SSSR count). The molecule has 176 valence electrons. The molecule has 0 aliphatic carbocycles. The summed E-state index contributed by atoms with van der Waals surface area (Å²) in [5.41, 5.74) is 2.92. The van der Waals surface area contributed by atoms with Gasteiger partial charge in [0, 0.05) is 24.1 Å². The van der Waals surface area contributed by atoms with E-state index in [4.69, 9.17) is 4.74 Å². The van der Waals surface area contributed by atoms with E-state index in [-0.39, 0.29) is 11.1 Å². The summed E-state index contributed by atoms with van der Waals surface area (Å²) in [4.78, 5) is 12.9. The highest BCUT2D eigenvalue weighted by molar-refractivity contribution is 5.40. The molecule has 0 aromatic heterocycles. The summed E-state index contributed by atoms with van der Waals surface area (Å²) in [6.07, 6.45) is 3.18. The predicted octanol–water partition coefficient (Wildman–Crippen LogP) is 5.51. The van der Waals surface area contributed by atoms with E-state index in [2.05, 4.69) is 77.5 Å². The monoisotopic (exact) mass is 457 g/mol. The number of ether oxygens (including phenoxy) is 1. The SMILES string of the molecule is C=C(NCCCN1CCC(c2ccccc2)(c2ccccc2)CC1)Oc1ccc([N+](=O)[O-])cc1. The normalized spacial score (nSPS) is 15.4. The van der Waals surface area contributed by atoms with Crippen LogP contribution in [-0.4, -0.2) is 36.0 Å². The van der Waals surface area contributed by atoms with E-state index in [1.165, 1.54) is 23.3 Å². The molecule has 3 aromatic rings. The number of nitro benzene ring substituents is 1. The topological polar surface area (TPSA) is 67.6 Å². The zero-order valence-electron chi connectivity index (χ0n) is 19.4. The molecule has 0 saturated carbocycles. The van der Waals surface area contributed by atoms with Gasteiger partial charge in [0.15, 0.2) is 5.88 Å². The zero-order valence-corrected chi connectivity index (χ0v) is 19.4. The summed E-state index contributed by atoms with van der Waals surface area (Å²) in [6.45, 7) is 7.78. The lowest BCUT2D eigenvalue weighted by Crippen LogP contribution is -2.44. The second kappa shape index (κ2) is 11.0. The molecule has 1 heterocycles. The molecule has 6 heteroatoms. The quantitative estimate of drug-likeness (QED) is 0.188. The Labute approximate surface area is 201 Å². The van der Waals surface area contributed by atoms with Gasteiger partial charge >= 0.3 is 0 Å². The van der Waals surface area contributed by atoms with Crippen molar-refractivity contribution in [2.24, 2.45) is 0 Å². The number of piperidine rings is 1. The Balaban J connectivity index is 1.24. The minimum absolute atomic E-state index is 0.0380. The first-order chi connectivity index (χ1) is 16.6. The fraction of sp³-hybridized carbons (Fsp3) is 0.286. The highest BCUT2D eigenvalue weighted by Crippen LogP contribution is 2.41. The largest absolute Gasteiger partial charge is 0.442 e. The number of benzene rings is 3. The van der Waals surface area contributed by atoms with E-state index < -0.39 is 4.92 Å². The summed E-state index contributed by atoms with van der Waals surface area (Å²) in [7, 11) is 0. The summed E-state index contributed by atoms with van der Waals surface area (Å²) >= 11 is 0. The zero-order chi connectivity index (χ0) is 23.8. The Morgan fingerprint density at radius 2 is 1.50 bits per heavy atom. The van der Waals surface area contributed by atoms with Crippen molar-refractivity contribution in [3.05, 3.63) is 119 Å². The van der Waals surface area contributed by atoms with Gasteiger partial charge in [-0.1, -0.05) is 60.7 Å². The average Bonchev–Trinajstić information content (AvgIpc) is 2.88. The van der Waals surface area contributed by atoms with Crippen LogP contribution in [0.2, 0.25) is 0 Å². The molecule has 0 radical (unpaired) electrons. The summed E-state index contributed by atoms with van der Waals surface area (Å²) in [5, 5.41) is 13.9. The van der Waals surface area contributed by atoms with E-state index in [0.717, 1.165) is 45.4 Å². The molecule has 34 heavy (non-hydrogen) atoms. The minimum atomic E-state index is -0.429. The molecule has 0 unspecified atom stereocenters. The fourth-order valence-electron chi connectivity index (χ4n) is 4.76. The third-order valence-corrected chi connectivity index (χ3v) is 6.62. The summed E-state index contributed by atoms with van der Waals surface area (Å²) in [5.74, 6) is 0.969. The molecule has 1 aliphatic heterocycles. The molecule has 0 spiro atoms. The van der Waals surface area contributed by atoms with Gasteiger partial charge in [0.25, 0.3) is 5.69 Å². The standard InChI is InChI=1S/C28H31N3O3/c1-23(34-27-15-13-26(14-16-27)31(32)33)29-19-8-20-30-21-17-28(18-22-30,24-9-4-2-5-10-24)25-11-6-3-7-12-25/h2-7,9-16,29H,1,8,17-22H2. The van der Waals surface area contributed by atoms with Crippen molar-refractivity contribution in [3.8, 4) is 5.75 Å². The van der Waals surface area contributed by atoms with E-state index in [1.54, 1.807) is 12.1 Å². The average molecular weight is 458 g/mol. The van der Waals surface area contributed by atoms with Gasteiger partial charge < -0.3 is 15.0 Å². The Kier molecular flexibility index (Phi) is 7.60. The van der Waals surface area contributed by atoms with Gasteiger partial charge in [-0.2, -0.15) is 0 Å². The predicted molar refractivity (Wildman–Crippen MR) is 135 cm³/mol. The van der Waals surface area contributed by atoms with Crippen LogP contribution in [0.15, 0.2) is 97.4 Å². The van der Waals surface area contributed by atoms with Gasteiger partial charge in [-0.05, 0) is 68.7 Å². The van der Waals surface area contributed by atoms with Crippen molar-refractivity contribution in [1.82, 2.24) is 10.2 Å². The van der Waals surface area contributed by atoms with Crippen molar-refractivity contribution in [1.29, 1.82) is 0 Å². The first-order valence-corrected chi connectivity index (χ1v) is 11.8. The lowest BCUT2D eigenvalue weighted by atomic mass is 9.68. The van der Waals surface area contributed by atoms with Gasteiger partial charge in [-0.3, -0.25) is 10.1 Å². The van der Waals surface area contributed by atoms with E-state index in [0.29, 0.717) is 11.6 Å². The van der Waals surface area contributed by atoms with Gasteiger partial charge in [0.1, 0.15) is 5.75 Å². The number of hydrogen-bond acceptors (Lipinski definition) is 5. The Bertz CT molecular complexity index is 1040. The maximum Gasteiger partial charge on any atom is 0.269 e. The van der Waals surface area contributed by atoms with Crippen molar-refractivity contribution >= 4 is 5.69 Å². The maximum absolute atomic E-state index is 10.8. The highest BCUT2D eigenvalue weighted by atomic mass is 16.6. The molecule has 1 fully saturated rings. The first-order valence-electron chi connectivity index (χ1n) is 11.8. The van der Waals surface area contributed by atoms with E-state index >= 15 is 0 Å². The van der Waals surface area contributed by atoms with E-state index in [9.17, 15) is 10.1 Å². The number of nitrogens with zero attached hydrogens (tertiary/aromatic N) is 2. The van der Waals surface area contributed by atoms with Crippen LogP contribution in [0, 0.1) is 10.1 Å². The van der Waals surface area contributed by atoms with Gasteiger partial charge in [-0.15, -0.1) is 0 Å². The Morgan fingerprint density at radius 1 is 0.941 bits per heavy atom. The van der Waals surface area contributed by atoms with Crippen LogP contribution in [-0.2, 0) is 5.41 Å². The smallest absolute Gasteiger partial charge is 0.269 e. The maximum atomic E-state index is 10.8. The third-order valence-electron chi connectivity index (χ3n) is 6.62. The lowest BCUT2D eigenvalue weighted by Gasteiger charge is -2.43. The number of nitrogens with one attached hydrogen (secondary N) is 1. The van der Waals surface area contributed by atoms with Crippen LogP contribution in [0.5, 0.6) is 5.75 Å². The van der Waals surface area contributed by atoms with Crippen molar-refractivity contribution in [2.75, 3.05) is 26.2 Å². The Hall–Kier alpha value is -3.64. The first kappa shape index (κ1) is 23.5. The van der Waals surface area contributed by atoms with Crippen LogP contribution in [0.3, 0.4) is 0 Å². The van der Waals surface area contributed by atoms with Crippen LogP contribution in [0.25, 0.3) is 0 Å². The molecule has 1 aliphatic rings. The number of likely N-dealkylation sites (tertiary alicyclic amines) is 1. The second-order valence-electron chi connectivity index (χ2n) is 8.71. The van der Waals surface area contributed by atoms with Crippen LogP contribution in [0.4, 0.5) is 5.69 Å². The van der Waals surface area contributed by atoms with Crippen LogP contribution < -0.4 is 10.1 Å². The third kappa shape index (κ3) is 5.64. The molecule has 0 bridgehead atoms. The molecular weight excluding hydrogens is 426 g/mol. The molecule has 3 aromatic carbocycles. The molecular formula is C28H31N3O3. The Morgan fingerprint density at radius 3 is 2.03 bits per heavy atom. The van der Waals surface area contributed by atoms with Crippen molar-refractivity contribution in [2.45, 2.75) is 24.7 Å². The van der Waals surface area contributed by atoms with E-state index in [1.807, 2.05) is 0 Å². The van der Waals surface area contributed by atoms with Gasteiger partial charge in [-0.25, -0.2) is 0 Å². The molecule has 1 N–H and O–H groups in total.